The van der Waals surface area contributed by atoms with E-state index in [-0.39, 0.29) is 30.2 Å². The van der Waals surface area contributed by atoms with Crippen LogP contribution in [0.4, 0.5) is 0 Å². The molecule has 0 radical (unpaired) electrons. The molecular formula is C21H35ClN4O3S. The molecule has 1 saturated heterocycles. The third-order valence-corrected chi connectivity index (χ3v) is 7.44. The fraction of sp³-hybridized carbons (Fsp3) is 0.810. The average Bonchev–Trinajstić information content (AvgIpc) is 2.97. The Morgan fingerprint density at radius 2 is 1.60 bits per heavy atom. The number of ketones is 1. The van der Waals surface area contributed by atoms with Crippen molar-refractivity contribution in [2.45, 2.75) is 76.7 Å². The van der Waals surface area contributed by atoms with Crippen LogP contribution in [0.15, 0.2) is 5.10 Å². The Hall–Kier alpha value is -1.28. The van der Waals surface area contributed by atoms with Crippen LogP contribution in [0, 0.1) is 11.8 Å². The van der Waals surface area contributed by atoms with Crippen LogP contribution in [0.3, 0.4) is 0 Å². The number of carbonyl (C=O) groups is 3. The summed E-state index contributed by atoms with van der Waals surface area (Å²) < 4.78 is 0. The van der Waals surface area contributed by atoms with E-state index in [9.17, 15) is 14.4 Å². The first-order valence-corrected chi connectivity index (χ1v) is 12.1. The molecule has 1 atom stereocenters. The van der Waals surface area contributed by atoms with Crippen LogP contribution < -0.4 is 10.7 Å². The number of nitrogens with zero attached hydrogens (tertiary/aromatic N) is 2. The minimum absolute atomic E-state index is 0. The Labute approximate surface area is 190 Å². The molecule has 0 aromatic rings. The summed E-state index contributed by atoms with van der Waals surface area (Å²) in [6, 6.07) is -0.736. The predicted molar refractivity (Wildman–Crippen MR) is 123 cm³/mol. The van der Waals surface area contributed by atoms with E-state index >= 15 is 0 Å². The van der Waals surface area contributed by atoms with Crippen molar-refractivity contribution in [1.29, 1.82) is 0 Å². The van der Waals surface area contributed by atoms with E-state index < -0.39 is 17.7 Å². The van der Waals surface area contributed by atoms with Crippen molar-refractivity contribution < 1.29 is 14.4 Å². The van der Waals surface area contributed by atoms with E-state index in [1.54, 1.807) is 11.8 Å². The molecule has 30 heavy (non-hydrogen) atoms. The van der Waals surface area contributed by atoms with Gasteiger partial charge >= 0.3 is 5.91 Å². The van der Waals surface area contributed by atoms with Gasteiger partial charge in [0.1, 0.15) is 6.04 Å². The maximum absolute atomic E-state index is 13.0. The molecule has 9 heteroatoms. The lowest BCUT2D eigenvalue weighted by Crippen LogP contribution is -2.52. The number of thioether (sulfide) groups is 1. The van der Waals surface area contributed by atoms with Crippen molar-refractivity contribution in [3.63, 3.8) is 0 Å². The second-order valence-corrected chi connectivity index (χ2v) is 9.60. The average molecular weight is 459 g/mol. The molecule has 2 aliphatic carbocycles. The maximum atomic E-state index is 13.0. The number of hydrogen-bond acceptors (Lipinski definition) is 5. The zero-order valence-electron chi connectivity index (χ0n) is 17.9. The third-order valence-electron chi connectivity index (χ3n) is 6.39. The highest BCUT2D eigenvalue weighted by Crippen LogP contribution is 2.28. The van der Waals surface area contributed by atoms with Crippen LogP contribution in [-0.4, -0.2) is 53.1 Å². The van der Waals surface area contributed by atoms with E-state index in [1.165, 1.54) is 12.8 Å². The van der Waals surface area contributed by atoms with Gasteiger partial charge in [-0.2, -0.15) is 0 Å². The van der Waals surface area contributed by atoms with Gasteiger partial charge in [0, 0.05) is 25.3 Å². The van der Waals surface area contributed by atoms with E-state index in [0.29, 0.717) is 5.17 Å². The maximum Gasteiger partial charge on any atom is 0.309 e. The molecule has 7 nitrogen and oxygen atoms in total. The molecule has 2 saturated carbocycles. The Bertz CT molecular complexity index is 632. The lowest BCUT2D eigenvalue weighted by Gasteiger charge is -2.30. The van der Waals surface area contributed by atoms with Crippen molar-refractivity contribution >= 4 is 46.9 Å². The summed E-state index contributed by atoms with van der Waals surface area (Å²) in [7, 11) is 1.91. The number of amidine groups is 1. The number of hydrogen-bond donors (Lipinski definition) is 2. The molecule has 0 aromatic carbocycles. The second kappa shape index (κ2) is 12.5. The van der Waals surface area contributed by atoms with Crippen LogP contribution in [0.5, 0.6) is 0 Å². The summed E-state index contributed by atoms with van der Waals surface area (Å²) in [5.41, 5.74) is 2.42. The topological polar surface area (TPSA) is 90.9 Å². The quantitative estimate of drug-likeness (QED) is 0.362. The normalized spacial score (nSPS) is 23.4. The third kappa shape index (κ3) is 6.87. The zero-order chi connectivity index (χ0) is 20.6. The molecule has 1 unspecified atom stereocenters. The number of nitrogens with one attached hydrogen (secondary N) is 2. The predicted octanol–water partition coefficient (Wildman–Crippen LogP) is 3.08. The number of halogens is 1. The van der Waals surface area contributed by atoms with E-state index in [1.807, 2.05) is 11.9 Å². The van der Waals surface area contributed by atoms with Gasteiger partial charge in [-0.3, -0.25) is 14.4 Å². The number of hydrazone groups is 1. The molecular weight excluding hydrogens is 424 g/mol. The molecule has 1 aliphatic heterocycles. The van der Waals surface area contributed by atoms with Gasteiger partial charge in [0.05, 0.1) is 0 Å². The first-order valence-electron chi connectivity index (χ1n) is 11.1. The molecule has 2 N–H and O–H groups in total. The first-order chi connectivity index (χ1) is 14.1. The second-order valence-electron chi connectivity index (χ2n) is 8.54. The highest BCUT2D eigenvalue weighted by molar-refractivity contribution is 8.14. The minimum Gasteiger partial charge on any atom is -0.352 e. The van der Waals surface area contributed by atoms with Crippen molar-refractivity contribution in [2.24, 2.45) is 16.9 Å². The smallest absolute Gasteiger partial charge is 0.309 e. The van der Waals surface area contributed by atoms with Gasteiger partial charge in [0.2, 0.25) is 11.7 Å². The van der Waals surface area contributed by atoms with Crippen LogP contribution >= 0.6 is 24.2 Å². The monoisotopic (exact) mass is 458 g/mol. The number of rotatable bonds is 6. The van der Waals surface area contributed by atoms with Gasteiger partial charge in [0.15, 0.2) is 5.17 Å². The summed E-state index contributed by atoms with van der Waals surface area (Å²) in [5, 5.41) is 7.81. The number of Topliss-reactive ketones (excluding diaryl/α,β-unsaturated/α-hetero) is 1. The Morgan fingerprint density at radius 3 is 2.20 bits per heavy atom. The molecule has 0 bridgehead atoms. The number of carbonyl (C=O) groups excluding carboxylic acids is 3. The summed E-state index contributed by atoms with van der Waals surface area (Å²) in [5.74, 6) is -0.428. The summed E-state index contributed by atoms with van der Waals surface area (Å²) in [6.45, 7) is 0.870. The van der Waals surface area contributed by atoms with Crippen molar-refractivity contribution in [1.82, 2.24) is 15.6 Å². The van der Waals surface area contributed by atoms with Crippen LogP contribution in [0.1, 0.15) is 70.6 Å². The van der Waals surface area contributed by atoms with Crippen molar-refractivity contribution in [2.75, 3.05) is 19.3 Å². The van der Waals surface area contributed by atoms with Gasteiger partial charge in [-0.05, 0) is 31.6 Å². The highest BCUT2D eigenvalue weighted by Gasteiger charge is 2.36. The van der Waals surface area contributed by atoms with Gasteiger partial charge in [-0.15, -0.1) is 17.5 Å². The minimum atomic E-state index is -0.736. The molecule has 3 rings (SSSR count). The molecule has 170 valence electrons. The first kappa shape index (κ1) is 25.0. The molecule has 1 heterocycles. The molecule has 2 amide bonds. The molecule has 3 fully saturated rings. The Kier molecular flexibility index (Phi) is 10.4. The highest BCUT2D eigenvalue weighted by atomic mass is 35.5. The van der Waals surface area contributed by atoms with E-state index in [0.717, 1.165) is 70.1 Å². The zero-order valence-corrected chi connectivity index (χ0v) is 19.5. The Balaban J connectivity index is 0.00000320. The van der Waals surface area contributed by atoms with Crippen LogP contribution in [-0.2, 0) is 14.4 Å². The molecule has 0 aromatic heterocycles. The van der Waals surface area contributed by atoms with Crippen molar-refractivity contribution in [3.8, 4) is 0 Å². The summed E-state index contributed by atoms with van der Waals surface area (Å²) in [6.07, 6.45) is 11.2. The fourth-order valence-electron chi connectivity index (χ4n) is 4.57. The largest absolute Gasteiger partial charge is 0.352 e. The molecule has 0 spiro atoms. The van der Waals surface area contributed by atoms with Gasteiger partial charge in [-0.1, -0.05) is 56.7 Å². The van der Waals surface area contributed by atoms with Crippen molar-refractivity contribution in [3.05, 3.63) is 0 Å². The van der Waals surface area contributed by atoms with E-state index in [2.05, 4.69) is 15.8 Å². The SMILES string of the molecule is CN1CCS/C1=N\NC(=O)C(=O)C(NC(=O)C1CCCCCC1)C1CCCCC1.Cl. The van der Waals surface area contributed by atoms with E-state index in [4.69, 9.17) is 0 Å². The number of amides is 2. The van der Waals surface area contributed by atoms with Crippen LogP contribution in [0.25, 0.3) is 0 Å². The van der Waals surface area contributed by atoms with Crippen LogP contribution in [0.2, 0.25) is 0 Å². The Morgan fingerprint density at radius 1 is 1.00 bits per heavy atom. The fourth-order valence-corrected chi connectivity index (χ4v) is 5.54. The van der Waals surface area contributed by atoms with Gasteiger partial charge < -0.3 is 10.2 Å². The lowest BCUT2D eigenvalue weighted by molar-refractivity contribution is -0.141. The van der Waals surface area contributed by atoms with Gasteiger partial charge in [0.25, 0.3) is 0 Å². The summed E-state index contributed by atoms with van der Waals surface area (Å²) >= 11 is 1.55. The molecule has 3 aliphatic rings. The lowest BCUT2D eigenvalue weighted by atomic mass is 9.81. The summed E-state index contributed by atoms with van der Waals surface area (Å²) in [4.78, 5) is 40.4. The standard InChI is InChI=1S/C21H34N4O3S.ClH/c1-25-13-14-29-21(25)24-23-20(28)18(26)17(15-9-7-4-8-10-15)22-19(27)16-11-5-2-3-6-12-16;/h15-17H,2-14H2,1H3,(H,22,27)(H,23,28);1H/b24-21-;. The van der Waals surface area contributed by atoms with Gasteiger partial charge in [-0.25, -0.2) is 5.43 Å².